The van der Waals surface area contributed by atoms with E-state index in [1.165, 1.54) is 54.6 Å². The zero-order valence-corrected chi connectivity index (χ0v) is 23.9. The Morgan fingerprint density at radius 2 is 0.955 bits per heavy atom. The molecule has 0 bridgehead atoms. The first-order valence-corrected chi connectivity index (χ1v) is 15.0. The highest BCUT2D eigenvalue weighted by atomic mass is 16.3. The number of rotatable bonds is 4. The number of fused-ring (bicyclic) bond motifs is 7. The van der Waals surface area contributed by atoms with Crippen molar-refractivity contribution in [2.24, 2.45) is 0 Å². The zero-order valence-electron chi connectivity index (χ0n) is 23.9. The fourth-order valence-electron chi connectivity index (χ4n) is 6.54. The summed E-state index contributed by atoms with van der Waals surface area (Å²) in [6, 6.07) is 56.3. The van der Waals surface area contributed by atoms with Gasteiger partial charge in [-0.2, -0.15) is 0 Å². The van der Waals surface area contributed by atoms with E-state index in [4.69, 9.17) is 4.42 Å². The van der Waals surface area contributed by atoms with Crippen molar-refractivity contribution in [1.82, 2.24) is 0 Å². The molecule has 0 fully saturated rings. The maximum absolute atomic E-state index is 6.40. The average molecular weight is 562 g/mol. The van der Waals surface area contributed by atoms with E-state index in [0.717, 1.165) is 33.3 Å². The minimum atomic E-state index is 0.875. The van der Waals surface area contributed by atoms with Crippen molar-refractivity contribution in [3.63, 3.8) is 0 Å². The normalized spacial score (nSPS) is 11.6. The lowest BCUT2D eigenvalue weighted by Crippen LogP contribution is -1.90. The molecular weight excluding hydrogens is 534 g/mol. The molecular formula is C42H27NO. The second kappa shape index (κ2) is 9.86. The number of benzene rings is 8. The summed E-state index contributed by atoms with van der Waals surface area (Å²) in [6.45, 7) is 0. The molecule has 8 aromatic carbocycles. The Balaban J connectivity index is 1.03. The monoisotopic (exact) mass is 561 g/mol. The van der Waals surface area contributed by atoms with Crippen LogP contribution in [0.15, 0.2) is 162 Å². The molecule has 0 amide bonds. The van der Waals surface area contributed by atoms with Gasteiger partial charge in [0.25, 0.3) is 0 Å². The van der Waals surface area contributed by atoms with E-state index in [1.807, 2.05) is 0 Å². The van der Waals surface area contributed by atoms with Crippen LogP contribution in [0.1, 0.15) is 0 Å². The highest BCUT2D eigenvalue weighted by molar-refractivity contribution is 6.20. The van der Waals surface area contributed by atoms with Crippen molar-refractivity contribution >= 4 is 65.6 Å². The summed E-state index contributed by atoms with van der Waals surface area (Å²) >= 11 is 0. The molecule has 0 radical (unpaired) electrons. The Bertz CT molecular complexity index is 2520. The van der Waals surface area contributed by atoms with Crippen LogP contribution < -0.4 is 5.32 Å². The molecule has 9 aromatic rings. The lowest BCUT2D eigenvalue weighted by atomic mass is 9.96. The van der Waals surface area contributed by atoms with Gasteiger partial charge in [-0.05, 0) is 97.0 Å². The Kier molecular flexibility index (Phi) is 5.54. The van der Waals surface area contributed by atoms with Crippen molar-refractivity contribution < 1.29 is 4.42 Å². The van der Waals surface area contributed by atoms with Crippen LogP contribution in [0, 0.1) is 0 Å². The van der Waals surface area contributed by atoms with Gasteiger partial charge in [0.2, 0.25) is 0 Å². The van der Waals surface area contributed by atoms with E-state index in [2.05, 4.69) is 163 Å². The molecule has 1 heterocycles. The van der Waals surface area contributed by atoms with Crippen LogP contribution in [0.25, 0.3) is 76.5 Å². The average Bonchev–Trinajstić information content (AvgIpc) is 3.48. The molecule has 2 heteroatoms. The Morgan fingerprint density at radius 1 is 0.386 bits per heavy atom. The van der Waals surface area contributed by atoms with Crippen LogP contribution in [0.4, 0.5) is 11.4 Å². The molecule has 44 heavy (non-hydrogen) atoms. The molecule has 0 unspecified atom stereocenters. The lowest BCUT2D eigenvalue weighted by Gasteiger charge is -2.10. The van der Waals surface area contributed by atoms with Gasteiger partial charge in [0, 0.05) is 16.5 Å². The topological polar surface area (TPSA) is 25.2 Å². The highest BCUT2D eigenvalue weighted by Gasteiger charge is 2.13. The lowest BCUT2D eigenvalue weighted by molar-refractivity contribution is 0.670. The summed E-state index contributed by atoms with van der Waals surface area (Å²) in [5, 5.41) is 13.3. The van der Waals surface area contributed by atoms with Gasteiger partial charge >= 0.3 is 0 Å². The smallest absolute Gasteiger partial charge is 0.158 e. The van der Waals surface area contributed by atoms with Crippen molar-refractivity contribution in [3.05, 3.63) is 158 Å². The van der Waals surface area contributed by atoms with Gasteiger partial charge in [-0.25, -0.2) is 0 Å². The van der Waals surface area contributed by atoms with Gasteiger partial charge in [-0.1, -0.05) is 115 Å². The first-order chi connectivity index (χ1) is 21.8. The van der Waals surface area contributed by atoms with Crippen molar-refractivity contribution in [3.8, 4) is 22.3 Å². The number of furan rings is 1. The second-order valence-electron chi connectivity index (χ2n) is 11.5. The predicted molar refractivity (Wildman–Crippen MR) is 187 cm³/mol. The number of anilines is 2. The van der Waals surface area contributed by atoms with Crippen LogP contribution in [0.2, 0.25) is 0 Å². The standard InChI is InChI=1S/C42H27NO/c1-2-8-31-24-33(16-12-27(31)6-1)34-17-14-29-13-15-32(25-35(29)26-34)28-18-21-36(22-19-28)43-39-11-5-10-38-41-37-9-4-3-7-30(37)20-23-40(41)44-42(38)39/h1-26,43H. The number of hydrogen-bond acceptors (Lipinski definition) is 2. The third kappa shape index (κ3) is 4.11. The predicted octanol–water partition coefficient (Wildman–Crippen LogP) is 12.1. The summed E-state index contributed by atoms with van der Waals surface area (Å²) in [5.41, 5.74) is 8.61. The summed E-state index contributed by atoms with van der Waals surface area (Å²) in [6.07, 6.45) is 0. The third-order valence-electron chi connectivity index (χ3n) is 8.81. The van der Waals surface area contributed by atoms with E-state index in [9.17, 15) is 0 Å². The Morgan fingerprint density at radius 3 is 1.73 bits per heavy atom. The van der Waals surface area contributed by atoms with E-state index < -0.39 is 0 Å². The van der Waals surface area contributed by atoms with E-state index >= 15 is 0 Å². The third-order valence-corrected chi connectivity index (χ3v) is 8.81. The van der Waals surface area contributed by atoms with Crippen molar-refractivity contribution in [2.75, 3.05) is 5.32 Å². The first-order valence-electron chi connectivity index (χ1n) is 15.0. The minimum Gasteiger partial charge on any atom is -0.454 e. The molecule has 9 rings (SSSR count). The fraction of sp³-hybridized carbons (Fsp3) is 0. The molecule has 0 atom stereocenters. The van der Waals surface area contributed by atoms with Gasteiger partial charge in [-0.3, -0.25) is 0 Å². The minimum absolute atomic E-state index is 0.875. The summed E-state index contributed by atoms with van der Waals surface area (Å²) in [7, 11) is 0. The van der Waals surface area contributed by atoms with E-state index in [1.54, 1.807) is 0 Å². The van der Waals surface area contributed by atoms with Gasteiger partial charge in [0.15, 0.2) is 5.58 Å². The Hall–Kier alpha value is -5.86. The SMILES string of the molecule is c1ccc2cc(-c3ccc4ccc(-c5ccc(Nc6cccc7c6oc6ccc8ccccc8c67)cc5)cc4c3)ccc2c1. The molecule has 206 valence electrons. The second-order valence-corrected chi connectivity index (χ2v) is 11.5. The van der Waals surface area contributed by atoms with Crippen LogP contribution in [-0.4, -0.2) is 0 Å². The van der Waals surface area contributed by atoms with Crippen LogP contribution in [-0.2, 0) is 0 Å². The number of para-hydroxylation sites is 1. The molecule has 1 N–H and O–H groups in total. The molecule has 0 aliphatic rings. The maximum atomic E-state index is 6.40. The van der Waals surface area contributed by atoms with Crippen molar-refractivity contribution in [2.45, 2.75) is 0 Å². The largest absolute Gasteiger partial charge is 0.454 e. The van der Waals surface area contributed by atoms with Crippen molar-refractivity contribution in [1.29, 1.82) is 0 Å². The summed E-state index contributed by atoms with van der Waals surface area (Å²) in [4.78, 5) is 0. The maximum Gasteiger partial charge on any atom is 0.158 e. The van der Waals surface area contributed by atoms with Crippen LogP contribution in [0.3, 0.4) is 0 Å². The molecule has 0 saturated heterocycles. The molecule has 0 aliphatic carbocycles. The number of hydrogen-bond donors (Lipinski definition) is 1. The molecule has 0 saturated carbocycles. The summed E-state index contributed by atoms with van der Waals surface area (Å²) < 4.78 is 6.40. The molecule has 0 spiro atoms. The Labute approximate surface area is 254 Å². The first kappa shape index (κ1) is 24.7. The molecule has 1 aromatic heterocycles. The molecule has 2 nitrogen and oxygen atoms in total. The molecule has 0 aliphatic heterocycles. The quantitative estimate of drug-likeness (QED) is 0.231. The van der Waals surface area contributed by atoms with Gasteiger partial charge in [-0.15, -0.1) is 0 Å². The van der Waals surface area contributed by atoms with Crippen LogP contribution >= 0.6 is 0 Å². The van der Waals surface area contributed by atoms with Crippen LogP contribution in [0.5, 0.6) is 0 Å². The summed E-state index contributed by atoms with van der Waals surface area (Å²) in [5.74, 6) is 0. The number of nitrogens with one attached hydrogen (secondary N) is 1. The van der Waals surface area contributed by atoms with E-state index in [0.29, 0.717) is 0 Å². The highest BCUT2D eigenvalue weighted by Crippen LogP contribution is 2.39. The van der Waals surface area contributed by atoms with E-state index in [-0.39, 0.29) is 0 Å². The fourth-order valence-corrected chi connectivity index (χ4v) is 6.54. The van der Waals surface area contributed by atoms with Gasteiger partial charge in [0.1, 0.15) is 5.58 Å². The zero-order chi connectivity index (χ0) is 29.0. The van der Waals surface area contributed by atoms with Gasteiger partial charge < -0.3 is 9.73 Å². The van der Waals surface area contributed by atoms with Gasteiger partial charge in [0.05, 0.1) is 5.69 Å².